The number of fused-ring (bicyclic) bond motifs is 3. The van der Waals surface area contributed by atoms with E-state index in [1.165, 1.54) is 40.8 Å². The van der Waals surface area contributed by atoms with Crippen LogP contribution in [0.1, 0.15) is 55.4 Å². The Morgan fingerprint density at radius 3 is 2.54 bits per heavy atom. The van der Waals surface area contributed by atoms with Crippen LogP contribution in [0.5, 0.6) is 0 Å². The molecule has 0 saturated heterocycles. The Morgan fingerprint density at radius 2 is 1.71 bits per heavy atom. The first-order chi connectivity index (χ1) is 13.7. The Morgan fingerprint density at radius 1 is 0.964 bits per heavy atom. The summed E-state index contributed by atoms with van der Waals surface area (Å²) in [5, 5.41) is 0. The molecule has 28 heavy (non-hydrogen) atoms. The smallest absolute Gasteiger partial charge is 0.217 e. The summed E-state index contributed by atoms with van der Waals surface area (Å²) >= 11 is 0. The summed E-state index contributed by atoms with van der Waals surface area (Å²) in [6.45, 7) is 5.07. The van der Waals surface area contributed by atoms with Crippen LogP contribution in [-0.4, -0.2) is 23.7 Å². The fourth-order valence-corrected chi connectivity index (χ4v) is 5.37. The van der Waals surface area contributed by atoms with Crippen molar-refractivity contribution in [1.82, 2.24) is 0 Å². The molecule has 3 nitrogen and oxygen atoms in total. The molecule has 2 bridgehead atoms. The topological polar surface area (TPSA) is 34.0 Å². The third kappa shape index (κ3) is 3.07. The zero-order valence-electron chi connectivity index (χ0n) is 16.8. The number of benzene rings is 2. The maximum atomic E-state index is 5.89. The molecule has 2 aromatic carbocycles. The predicted octanol–water partition coefficient (Wildman–Crippen LogP) is 5.20. The second-order valence-electron chi connectivity index (χ2n) is 8.47. The van der Waals surface area contributed by atoms with Gasteiger partial charge in [0.25, 0.3) is 0 Å². The number of aryl methyl sites for hydroxylation is 1. The summed E-state index contributed by atoms with van der Waals surface area (Å²) in [6.07, 6.45) is 4.64. The van der Waals surface area contributed by atoms with E-state index in [0.717, 1.165) is 18.7 Å². The van der Waals surface area contributed by atoms with Gasteiger partial charge in [0.1, 0.15) is 6.61 Å². The van der Waals surface area contributed by atoms with Crippen molar-refractivity contribution in [3.63, 3.8) is 0 Å². The van der Waals surface area contributed by atoms with Gasteiger partial charge in [-0.25, -0.2) is 4.99 Å². The third-order valence-corrected chi connectivity index (χ3v) is 6.83. The summed E-state index contributed by atoms with van der Waals surface area (Å²) < 4.78 is 5.89. The highest BCUT2D eigenvalue weighted by atomic mass is 16.5. The first-order valence-electron chi connectivity index (χ1n) is 10.6. The van der Waals surface area contributed by atoms with Gasteiger partial charge < -0.3 is 4.74 Å². The Hall–Kier alpha value is -2.42. The van der Waals surface area contributed by atoms with E-state index in [-0.39, 0.29) is 0 Å². The maximum Gasteiger partial charge on any atom is 0.217 e. The number of ether oxygens (including phenoxy) is 1. The lowest BCUT2D eigenvalue weighted by molar-refractivity contribution is 0.303. The maximum absolute atomic E-state index is 5.89. The van der Waals surface area contributed by atoms with E-state index in [1.807, 2.05) is 0 Å². The minimum atomic E-state index is 0.404. The fourth-order valence-electron chi connectivity index (χ4n) is 5.37. The number of hydrogen-bond acceptors (Lipinski definition) is 3. The van der Waals surface area contributed by atoms with Gasteiger partial charge in [0.2, 0.25) is 5.90 Å². The normalized spacial score (nSPS) is 29.9. The summed E-state index contributed by atoms with van der Waals surface area (Å²) in [4.78, 5) is 10.2. The van der Waals surface area contributed by atoms with Gasteiger partial charge in [-0.1, -0.05) is 49.4 Å². The Bertz CT molecular complexity index is 945. The number of nitrogens with zero attached hydrogens (tertiary/aromatic N) is 2. The molecule has 2 fully saturated rings. The highest BCUT2D eigenvalue weighted by Crippen LogP contribution is 2.48. The van der Waals surface area contributed by atoms with Gasteiger partial charge in [0, 0.05) is 16.8 Å². The van der Waals surface area contributed by atoms with Crippen molar-refractivity contribution >= 4 is 11.6 Å². The molecule has 0 radical (unpaired) electrons. The molecule has 2 saturated carbocycles. The summed E-state index contributed by atoms with van der Waals surface area (Å²) in [5.41, 5.74) is 6.36. The van der Waals surface area contributed by atoms with Gasteiger partial charge in [0.15, 0.2) is 0 Å². The van der Waals surface area contributed by atoms with Crippen molar-refractivity contribution in [2.24, 2.45) is 21.8 Å². The predicted molar refractivity (Wildman–Crippen MR) is 114 cm³/mol. The van der Waals surface area contributed by atoms with Gasteiger partial charge in [-0.05, 0) is 61.6 Å². The SMILES string of the molecule is CCc1ccccc1C(C)=N[C@H]1CC2CC1C[C@@H]2N=C1OCc2ccccc21. The van der Waals surface area contributed by atoms with E-state index < -0.39 is 0 Å². The second-order valence-corrected chi connectivity index (χ2v) is 8.47. The first kappa shape index (κ1) is 17.7. The first-order valence-corrected chi connectivity index (χ1v) is 10.6. The van der Waals surface area contributed by atoms with Crippen molar-refractivity contribution in [1.29, 1.82) is 0 Å². The molecule has 0 spiro atoms. The summed E-state index contributed by atoms with van der Waals surface area (Å²) in [7, 11) is 0. The van der Waals surface area contributed by atoms with Gasteiger partial charge in [-0.2, -0.15) is 0 Å². The number of rotatable bonds is 4. The standard InChI is InChI=1S/C25H28N2O/c1-3-17-8-4-6-10-21(17)16(2)26-23-13-20-12-19(23)14-24(20)27-25-22-11-7-5-9-18(22)15-28-25/h4-11,19-20,23-24H,3,12-15H2,1-2H3/t19?,20?,23-,24-/m0/s1. The quantitative estimate of drug-likeness (QED) is 0.679. The molecule has 1 aliphatic heterocycles. The van der Waals surface area contributed by atoms with Gasteiger partial charge in [-0.15, -0.1) is 0 Å². The van der Waals surface area contributed by atoms with Crippen LogP contribution >= 0.6 is 0 Å². The molecule has 3 aliphatic rings. The molecular weight excluding hydrogens is 344 g/mol. The van der Waals surface area contributed by atoms with Gasteiger partial charge >= 0.3 is 0 Å². The molecule has 3 heteroatoms. The average Bonchev–Trinajstić information content (AvgIpc) is 3.43. The van der Waals surface area contributed by atoms with E-state index in [0.29, 0.717) is 30.5 Å². The van der Waals surface area contributed by atoms with Crippen LogP contribution in [0.25, 0.3) is 0 Å². The Balaban J connectivity index is 1.31. The minimum Gasteiger partial charge on any atom is -0.473 e. The largest absolute Gasteiger partial charge is 0.473 e. The lowest BCUT2D eigenvalue weighted by Crippen LogP contribution is -2.25. The van der Waals surface area contributed by atoms with Crippen molar-refractivity contribution in [3.05, 3.63) is 70.8 Å². The molecule has 0 amide bonds. The van der Waals surface area contributed by atoms with Crippen LogP contribution in [0.4, 0.5) is 0 Å². The van der Waals surface area contributed by atoms with Crippen LogP contribution in [0.15, 0.2) is 58.5 Å². The van der Waals surface area contributed by atoms with E-state index in [2.05, 4.69) is 62.4 Å². The van der Waals surface area contributed by atoms with E-state index >= 15 is 0 Å². The number of hydrogen-bond donors (Lipinski definition) is 0. The van der Waals surface area contributed by atoms with Crippen molar-refractivity contribution in [3.8, 4) is 0 Å². The van der Waals surface area contributed by atoms with E-state index in [1.54, 1.807) is 0 Å². The second kappa shape index (κ2) is 7.20. The monoisotopic (exact) mass is 372 g/mol. The summed E-state index contributed by atoms with van der Waals surface area (Å²) in [6, 6.07) is 18.0. The average molecular weight is 373 g/mol. The summed E-state index contributed by atoms with van der Waals surface area (Å²) in [5.74, 6) is 2.18. The Kier molecular flexibility index (Phi) is 4.54. The molecule has 2 aliphatic carbocycles. The van der Waals surface area contributed by atoms with Crippen molar-refractivity contribution in [2.45, 2.75) is 58.2 Å². The Labute approximate surface area is 167 Å². The highest BCUT2D eigenvalue weighted by Gasteiger charge is 2.46. The van der Waals surface area contributed by atoms with E-state index in [4.69, 9.17) is 14.7 Å². The molecule has 2 unspecified atom stereocenters. The van der Waals surface area contributed by atoms with Gasteiger partial charge in [0.05, 0.1) is 12.1 Å². The molecule has 1 heterocycles. The van der Waals surface area contributed by atoms with E-state index in [9.17, 15) is 0 Å². The minimum absolute atomic E-state index is 0.404. The molecule has 2 aromatic rings. The lowest BCUT2D eigenvalue weighted by atomic mass is 9.91. The molecule has 4 atom stereocenters. The molecule has 0 N–H and O–H groups in total. The van der Waals surface area contributed by atoms with Crippen LogP contribution in [-0.2, 0) is 17.8 Å². The van der Waals surface area contributed by atoms with Crippen LogP contribution in [0, 0.1) is 11.8 Å². The van der Waals surface area contributed by atoms with Gasteiger partial charge in [-0.3, -0.25) is 4.99 Å². The van der Waals surface area contributed by atoms with Crippen LogP contribution in [0.2, 0.25) is 0 Å². The molecule has 5 rings (SSSR count). The molecule has 144 valence electrons. The van der Waals surface area contributed by atoms with Crippen LogP contribution < -0.4 is 0 Å². The molecule has 0 aromatic heterocycles. The molecular formula is C25H28N2O. The van der Waals surface area contributed by atoms with Crippen LogP contribution in [0.3, 0.4) is 0 Å². The lowest BCUT2D eigenvalue weighted by Gasteiger charge is -2.24. The fraction of sp³-hybridized carbons (Fsp3) is 0.440. The number of aliphatic imine (C=N–C) groups is 2. The van der Waals surface area contributed by atoms with Crippen molar-refractivity contribution in [2.75, 3.05) is 0 Å². The zero-order chi connectivity index (χ0) is 19.1. The zero-order valence-corrected chi connectivity index (χ0v) is 16.8. The highest BCUT2D eigenvalue weighted by molar-refractivity contribution is 6.00. The third-order valence-electron chi connectivity index (χ3n) is 6.83. The van der Waals surface area contributed by atoms with Crippen molar-refractivity contribution < 1.29 is 4.74 Å².